The molecule has 2 heterocycles. The van der Waals surface area contributed by atoms with Crippen molar-refractivity contribution >= 4 is 28.5 Å². The van der Waals surface area contributed by atoms with Crippen molar-refractivity contribution in [3.05, 3.63) is 155 Å². The van der Waals surface area contributed by atoms with Crippen LogP contribution in [0.25, 0.3) is 11.2 Å². The number of hydrogen-bond donors (Lipinski definition) is 4. The first-order chi connectivity index (χ1) is 26.2. The Balaban J connectivity index is 1.58. The molecule has 2 aromatic heterocycles. The molecule has 0 unspecified atom stereocenters. The smallest absolute Gasteiger partial charge is 0.387 e. The number of alkyl halides is 2. The number of nitrogens with two attached hydrogens (primary N) is 1. The van der Waals surface area contributed by atoms with Crippen LogP contribution < -0.4 is 21.1 Å². The van der Waals surface area contributed by atoms with Gasteiger partial charge in [-0.25, -0.2) is 9.97 Å². The Kier molecular flexibility index (Phi) is 11.1. The molecule has 0 fully saturated rings. The van der Waals surface area contributed by atoms with Crippen molar-refractivity contribution in [2.24, 2.45) is 5.73 Å². The quantitative estimate of drug-likeness (QED) is 0.0502. The minimum atomic E-state index is -3.05. The number of rotatable bonds is 14. The van der Waals surface area contributed by atoms with Crippen LogP contribution in [0, 0.1) is 5.41 Å². The number of hydrogen-bond acceptors (Lipinski definition) is 7. The zero-order valence-corrected chi connectivity index (χ0v) is 31.7. The number of halogens is 2. The number of aromatic nitrogens is 3. The van der Waals surface area contributed by atoms with Crippen LogP contribution in [0.3, 0.4) is 0 Å². The molecule has 0 saturated heterocycles. The van der Waals surface area contributed by atoms with Crippen LogP contribution in [0.4, 0.5) is 14.5 Å². The average molecular weight is 744 g/mol. The summed E-state index contributed by atoms with van der Waals surface area (Å²) in [4.78, 5) is 24.2. The lowest BCUT2D eigenvalue weighted by Gasteiger charge is -2.38. The molecule has 0 atom stereocenters. The number of carbonyl (C=O) groups excluding carboxylic acids is 1. The average Bonchev–Trinajstić information content (AvgIpc) is 3.53. The highest BCUT2D eigenvalue weighted by molar-refractivity contribution is 6.14. The van der Waals surface area contributed by atoms with Gasteiger partial charge in [0.25, 0.3) is 5.91 Å². The first kappa shape index (κ1) is 38.8. The van der Waals surface area contributed by atoms with Crippen LogP contribution in [0.2, 0.25) is 0 Å². The molecule has 5 N–H and O–H groups in total. The van der Waals surface area contributed by atoms with E-state index in [1.165, 1.54) is 18.3 Å². The van der Waals surface area contributed by atoms with Crippen LogP contribution in [0.15, 0.2) is 122 Å². The van der Waals surface area contributed by atoms with Crippen molar-refractivity contribution in [2.45, 2.75) is 70.7 Å². The highest BCUT2D eigenvalue weighted by Crippen LogP contribution is 2.43. The maximum absolute atomic E-state index is 14.2. The predicted molar refractivity (Wildman–Crippen MR) is 214 cm³/mol. The number of benzene rings is 4. The van der Waals surface area contributed by atoms with Crippen molar-refractivity contribution < 1.29 is 18.3 Å². The Labute approximate surface area is 320 Å². The van der Waals surface area contributed by atoms with Crippen LogP contribution >= 0.6 is 0 Å². The largest absolute Gasteiger partial charge is 0.435 e. The van der Waals surface area contributed by atoms with Gasteiger partial charge in [-0.15, -0.1) is 0 Å². The van der Waals surface area contributed by atoms with E-state index in [-0.39, 0.29) is 45.2 Å². The molecular weight excluding hydrogens is 697 g/mol. The molecule has 1 amide bonds. The predicted octanol–water partition coefficient (Wildman–Crippen LogP) is 8.75. The normalized spacial score (nSPS) is 12.2. The van der Waals surface area contributed by atoms with E-state index in [1.54, 1.807) is 12.3 Å². The Morgan fingerprint density at radius 3 is 1.93 bits per heavy atom. The lowest BCUT2D eigenvalue weighted by Crippen LogP contribution is -2.40. The second kappa shape index (κ2) is 15.8. The standard InChI is InChI=1S/C44H47F2N7O2/c1-42(2,3)52-40(54)34-28-53(44(29-16-9-6-10-17-29,30-18-11-7-12-19-30)31-20-13-8-14-21-31)39-38(34)51-36(27-50-39)37(47)33-26-32(55-41(45)46)22-23-35(33)49-25-15-24-43(4,5)48/h6-14,16-23,26-28,41,47,49H,15,24-25,48H2,1-5H3,(H,52,54). The lowest BCUT2D eigenvalue weighted by atomic mass is 9.76. The van der Waals surface area contributed by atoms with Crippen molar-refractivity contribution in [1.82, 2.24) is 19.9 Å². The Morgan fingerprint density at radius 1 is 0.855 bits per heavy atom. The molecule has 0 spiro atoms. The van der Waals surface area contributed by atoms with E-state index in [0.29, 0.717) is 17.9 Å². The summed E-state index contributed by atoms with van der Waals surface area (Å²) in [6, 6.07) is 34.5. The fourth-order valence-corrected chi connectivity index (χ4v) is 6.86. The summed E-state index contributed by atoms with van der Waals surface area (Å²) in [7, 11) is 0. The van der Waals surface area contributed by atoms with Gasteiger partial charge < -0.3 is 25.7 Å². The molecule has 284 valence electrons. The number of carbonyl (C=O) groups is 1. The summed E-state index contributed by atoms with van der Waals surface area (Å²) < 4.78 is 33.4. The van der Waals surface area contributed by atoms with Crippen molar-refractivity contribution in [3.63, 3.8) is 0 Å². The second-order valence-electron chi connectivity index (χ2n) is 15.3. The number of nitrogens with zero attached hydrogens (tertiary/aromatic N) is 3. The molecule has 0 aliphatic carbocycles. The molecule has 6 aromatic rings. The molecule has 0 aliphatic rings. The third-order valence-corrected chi connectivity index (χ3v) is 9.22. The van der Waals surface area contributed by atoms with E-state index in [1.807, 2.05) is 93.8 Å². The van der Waals surface area contributed by atoms with Gasteiger partial charge in [0.2, 0.25) is 0 Å². The summed E-state index contributed by atoms with van der Waals surface area (Å²) in [6.45, 7) is 7.08. The maximum Gasteiger partial charge on any atom is 0.387 e. The van der Waals surface area contributed by atoms with Gasteiger partial charge in [-0.05, 0) is 82.3 Å². The molecule has 11 heteroatoms. The van der Waals surface area contributed by atoms with Gasteiger partial charge >= 0.3 is 6.61 Å². The van der Waals surface area contributed by atoms with Gasteiger partial charge in [-0.1, -0.05) is 91.0 Å². The van der Waals surface area contributed by atoms with Gasteiger partial charge in [0.1, 0.15) is 22.5 Å². The van der Waals surface area contributed by atoms with E-state index in [2.05, 4.69) is 47.0 Å². The summed E-state index contributed by atoms with van der Waals surface area (Å²) in [6.07, 6.45) is 4.76. The van der Waals surface area contributed by atoms with Crippen LogP contribution in [-0.2, 0) is 5.54 Å². The number of anilines is 1. The van der Waals surface area contributed by atoms with Gasteiger partial charge in [0, 0.05) is 35.1 Å². The molecule has 0 radical (unpaired) electrons. The SMILES string of the molecule is CC(C)(N)CCCNc1ccc(OC(F)F)cc1C(=N)c1cnc2c(n1)c(C(=O)NC(C)(C)C)cn2C(c1ccccc1)(c1ccccc1)c1ccccc1. The molecule has 0 aliphatic heterocycles. The number of nitrogens with one attached hydrogen (secondary N) is 3. The summed E-state index contributed by atoms with van der Waals surface area (Å²) in [5.74, 6) is -0.470. The maximum atomic E-state index is 14.2. The fourth-order valence-electron chi connectivity index (χ4n) is 6.86. The Morgan fingerprint density at radius 2 is 1.42 bits per heavy atom. The van der Waals surface area contributed by atoms with Gasteiger partial charge in [0.15, 0.2) is 5.65 Å². The number of amides is 1. The van der Waals surface area contributed by atoms with E-state index < -0.39 is 17.7 Å². The summed E-state index contributed by atoms with van der Waals surface area (Å²) in [5.41, 5.74) is 8.81. The van der Waals surface area contributed by atoms with Gasteiger partial charge in [0.05, 0.1) is 17.5 Å². The summed E-state index contributed by atoms with van der Waals surface area (Å²) >= 11 is 0. The van der Waals surface area contributed by atoms with E-state index >= 15 is 0 Å². The molecule has 9 nitrogen and oxygen atoms in total. The van der Waals surface area contributed by atoms with Crippen molar-refractivity contribution in [2.75, 3.05) is 11.9 Å². The van der Waals surface area contributed by atoms with E-state index in [4.69, 9.17) is 20.4 Å². The van der Waals surface area contributed by atoms with Crippen molar-refractivity contribution in [3.8, 4) is 5.75 Å². The lowest BCUT2D eigenvalue weighted by molar-refractivity contribution is -0.0498. The van der Waals surface area contributed by atoms with Gasteiger partial charge in [-0.3, -0.25) is 10.2 Å². The van der Waals surface area contributed by atoms with E-state index in [0.717, 1.165) is 29.5 Å². The zero-order chi connectivity index (χ0) is 39.4. The van der Waals surface area contributed by atoms with E-state index in [9.17, 15) is 19.0 Å². The fraction of sp³-hybridized carbons (Fsp3) is 0.273. The van der Waals surface area contributed by atoms with Gasteiger partial charge in [-0.2, -0.15) is 8.78 Å². The highest BCUT2D eigenvalue weighted by Gasteiger charge is 2.41. The monoisotopic (exact) mass is 743 g/mol. The molecule has 6 rings (SSSR count). The molecular formula is C44H47F2N7O2. The number of ether oxygens (including phenoxy) is 1. The first-order valence-electron chi connectivity index (χ1n) is 18.3. The molecule has 4 aromatic carbocycles. The molecule has 0 bridgehead atoms. The zero-order valence-electron chi connectivity index (χ0n) is 31.7. The topological polar surface area (TPSA) is 131 Å². The molecule has 0 saturated carbocycles. The van der Waals surface area contributed by atoms with Crippen molar-refractivity contribution in [1.29, 1.82) is 5.41 Å². The highest BCUT2D eigenvalue weighted by atomic mass is 19.3. The summed E-state index contributed by atoms with van der Waals surface area (Å²) in [5, 5.41) is 15.8. The Bertz CT molecular complexity index is 2170. The minimum Gasteiger partial charge on any atom is -0.435 e. The molecule has 55 heavy (non-hydrogen) atoms. The van der Waals surface area contributed by atoms with Crippen LogP contribution in [0.1, 0.15) is 85.8 Å². The third kappa shape index (κ3) is 8.57. The minimum absolute atomic E-state index is 0.0915. The first-order valence-corrected chi connectivity index (χ1v) is 18.3. The van der Waals surface area contributed by atoms with Crippen LogP contribution in [-0.4, -0.2) is 50.4 Å². The second-order valence-corrected chi connectivity index (χ2v) is 15.3. The van der Waals surface area contributed by atoms with Crippen LogP contribution in [0.5, 0.6) is 5.75 Å². The third-order valence-electron chi connectivity index (χ3n) is 9.22. The Hall–Kier alpha value is -5.94. The number of fused-ring (bicyclic) bond motifs is 1.